The molecule has 0 bridgehead atoms. The topological polar surface area (TPSA) is 15.3 Å². The number of hydrogen-bond acceptors (Lipinski definition) is 3. The largest absolute Gasteiger partial charge is 0.313 e. The highest BCUT2D eigenvalue weighted by molar-refractivity contribution is 7.99. The lowest BCUT2D eigenvalue weighted by Gasteiger charge is -2.31. The molecule has 1 heterocycles. The third kappa shape index (κ3) is 4.51. The predicted molar refractivity (Wildman–Crippen MR) is 86.0 cm³/mol. The maximum absolute atomic E-state index is 3.46. The Balaban J connectivity index is 1.87. The van der Waals surface area contributed by atoms with Gasteiger partial charge in [0.1, 0.15) is 0 Å². The van der Waals surface area contributed by atoms with Crippen molar-refractivity contribution in [3.63, 3.8) is 0 Å². The van der Waals surface area contributed by atoms with Crippen LogP contribution in [-0.4, -0.2) is 42.6 Å². The first kappa shape index (κ1) is 14.9. The molecule has 3 heteroatoms. The molecule has 1 aliphatic rings. The van der Waals surface area contributed by atoms with E-state index in [1.54, 1.807) is 0 Å². The van der Waals surface area contributed by atoms with Gasteiger partial charge in [0.15, 0.2) is 0 Å². The minimum absolute atomic E-state index is 0.477. The van der Waals surface area contributed by atoms with E-state index in [1.165, 1.54) is 42.9 Å². The first-order valence-electron chi connectivity index (χ1n) is 7.27. The molecule has 106 valence electrons. The molecule has 0 aliphatic carbocycles. The molecule has 2 nitrogen and oxygen atoms in total. The SMILES string of the molecule is CNC(CCN1CCSC(C)C1)c1ccc(C)cc1. The van der Waals surface area contributed by atoms with Gasteiger partial charge in [-0.1, -0.05) is 36.8 Å². The highest BCUT2D eigenvalue weighted by atomic mass is 32.2. The zero-order valence-corrected chi connectivity index (χ0v) is 13.2. The number of aryl methyl sites for hydroxylation is 1. The van der Waals surface area contributed by atoms with Crippen molar-refractivity contribution in [2.45, 2.75) is 31.6 Å². The van der Waals surface area contributed by atoms with E-state index in [2.05, 4.69) is 67.1 Å². The Bertz CT molecular complexity index is 377. The molecular weight excluding hydrogens is 252 g/mol. The molecule has 1 aliphatic heterocycles. The van der Waals surface area contributed by atoms with E-state index >= 15 is 0 Å². The fourth-order valence-electron chi connectivity index (χ4n) is 2.68. The molecule has 1 aromatic rings. The van der Waals surface area contributed by atoms with Gasteiger partial charge in [0.25, 0.3) is 0 Å². The lowest BCUT2D eigenvalue weighted by atomic mass is 10.0. The summed E-state index contributed by atoms with van der Waals surface area (Å²) in [6.45, 7) is 8.18. The van der Waals surface area contributed by atoms with Gasteiger partial charge >= 0.3 is 0 Å². The van der Waals surface area contributed by atoms with Crippen molar-refractivity contribution < 1.29 is 0 Å². The second-order valence-corrected chi connectivity index (χ2v) is 7.07. The van der Waals surface area contributed by atoms with Crippen molar-refractivity contribution in [2.75, 3.05) is 32.4 Å². The number of nitrogens with zero attached hydrogens (tertiary/aromatic N) is 1. The van der Waals surface area contributed by atoms with E-state index in [9.17, 15) is 0 Å². The zero-order valence-electron chi connectivity index (χ0n) is 12.4. The number of hydrogen-bond donors (Lipinski definition) is 1. The summed E-state index contributed by atoms with van der Waals surface area (Å²) in [5.41, 5.74) is 2.74. The standard InChI is InChI=1S/C16H26N2S/c1-13-4-6-15(7-5-13)16(17-3)8-9-18-10-11-19-14(2)12-18/h4-7,14,16-17H,8-12H2,1-3H3. The molecule has 0 amide bonds. The predicted octanol–water partition coefficient (Wildman–Crippen LogP) is 3.08. The van der Waals surface area contributed by atoms with Crippen LogP contribution in [0.1, 0.15) is 30.5 Å². The quantitative estimate of drug-likeness (QED) is 0.891. The van der Waals surface area contributed by atoms with Gasteiger partial charge in [-0.3, -0.25) is 0 Å². The van der Waals surface area contributed by atoms with Gasteiger partial charge in [-0.2, -0.15) is 11.8 Å². The number of benzene rings is 1. The van der Waals surface area contributed by atoms with E-state index in [4.69, 9.17) is 0 Å². The van der Waals surface area contributed by atoms with Crippen molar-refractivity contribution >= 4 is 11.8 Å². The Morgan fingerprint density at radius 3 is 2.74 bits per heavy atom. The summed E-state index contributed by atoms with van der Waals surface area (Å²) >= 11 is 2.10. The summed E-state index contributed by atoms with van der Waals surface area (Å²) in [6, 6.07) is 9.40. The lowest BCUT2D eigenvalue weighted by molar-refractivity contribution is 0.269. The Kier molecular flexibility index (Phi) is 5.74. The monoisotopic (exact) mass is 278 g/mol. The van der Waals surface area contributed by atoms with Crippen LogP contribution < -0.4 is 5.32 Å². The molecular formula is C16H26N2S. The second-order valence-electron chi connectivity index (χ2n) is 5.52. The molecule has 2 unspecified atom stereocenters. The van der Waals surface area contributed by atoms with Crippen LogP contribution in [0.3, 0.4) is 0 Å². The molecule has 1 N–H and O–H groups in total. The number of thioether (sulfide) groups is 1. The normalized spacial score (nSPS) is 22.4. The Hall–Kier alpha value is -0.510. The third-order valence-electron chi connectivity index (χ3n) is 3.89. The minimum atomic E-state index is 0.477. The fourth-order valence-corrected chi connectivity index (χ4v) is 3.76. The average molecular weight is 278 g/mol. The van der Waals surface area contributed by atoms with Gasteiger partial charge < -0.3 is 10.2 Å². The van der Waals surface area contributed by atoms with Gasteiger partial charge in [0.2, 0.25) is 0 Å². The zero-order chi connectivity index (χ0) is 13.7. The molecule has 2 rings (SSSR count). The molecule has 0 spiro atoms. The molecule has 2 atom stereocenters. The molecule has 1 aromatic carbocycles. The van der Waals surface area contributed by atoms with E-state index in [1.807, 2.05) is 0 Å². The van der Waals surface area contributed by atoms with Crippen LogP contribution in [0, 0.1) is 6.92 Å². The van der Waals surface area contributed by atoms with Crippen molar-refractivity contribution in [3.05, 3.63) is 35.4 Å². The summed E-state index contributed by atoms with van der Waals surface area (Å²) < 4.78 is 0. The lowest BCUT2D eigenvalue weighted by Crippen LogP contribution is -2.38. The van der Waals surface area contributed by atoms with E-state index in [0.717, 1.165) is 5.25 Å². The summed E-state index contributed by atoms with van der Waals surface area (Å²) in [4.78, 5) is 2.61. The maximum Gasteiger partial charge on any atom is 0.0329 e. The van der Waals surface area contributed by atoms with Crippen molar-refractivity contribution in [1.29, 1.82) is 0 Å². The van der Waals surface area contributed by atoms with Crippen LogP contribution in [-0.2, 0) is 0 Å². The van der Waals surface area contributed by atoms with Crippen LogP contribution in [0.5, 0.6) is 0 Å². The molecule has 0 aromatic heterocycles. The second kappa shape index (κ2) is 7.32. The molecule has 1 saturated heterocycles. The van der Waals surface area contributed by atoms with Crippen molar-refractivity contribution in [1.82, 2.24) is 10.2 Å². The molecule has 0 saturated carbocycles. The first-order valence-corrected chi connectivity index (χ1v) is 8.31. The molecule has 19 heavy (non-hydrogen) atoms. The van der Waals surface area contributed by atoms with Gasteiger partial charge in [0.05, 0.1) is 0 Å². The highest BCUT2D eigenvalue weighted by Crippen LogP contribution is 2.21. The van der Waals surface area contributed by atoms with Crippen LogP contribution >= 0.6 is 11.8 Å². The van der Waals surface area contributed by atoms with Crippen LogP contribution in [0.15, 0.2) is 24.3 Å². The van der Waals surface area contributed by atoms with E-state index < -0.39 is 0 Å². The van der Waals surface area contributed by atoms with Crippen molar-refractivity contribution in [2.24, 2.45) is 0 Å². The maximum atomic E-state index is 3.46. The van der Waals surface area contributed by atoms with Gasteiger partial charge in [-0.05, 0) is 26.0 Å². The number of rotatable bonds is 5. The van der Waals surface area contributed by atoms with Gasteiger partial charge in [-0.25, -0.2) is 0 Å². The minimum Gasteiger partial charge on any atom is -0.313 e. The first-order chi connectivity index (χ1) is 9.19. The van der Waals surface area contributed by atoms with Crippen LogP contribution in [0.2, 0.25) is 0 Å². The fraction of sp³-hybridized carbons (Fsp3) is 0.625. The summed E-state index contributed by atoms with van der Waals surface area (Å²) in [7, 11) is 2.07. The Morgan fingerprint density at radius 2 is 2.11 bits per heavy atom. The molecule has 1 fully saturated rings. The van der Waals surface area contributed by atoms with E-state index in [-0.39, 0.29) is 0 Å². The summed E-state index contributed by atoms with van der Waals surface area (Å²) in [6.07, 6.45) is 1.19. The highest BCUT2D eigenvalue weighted by Gasteiger charge is 2.18. The Morgan fingerprint density at radius 1 is 1.37 bits per heavy atom. The van der Waals surface area contributed by atoms with Gasteiger partial charge in [-0.15, -0.1) is 0 Å². The molecule has 0 radical (unpaired) electrons. The number of nitrogens with one attached hydrogen (secondary N) is 1. The van der Waals surface area contributed by atoms with Crippen LogP contribution in [0.25, 0.3) is 0 Å². The van der Waals surface area contributed by atoms with Crippen LogP contribution in [0.4, 0.5) is 0 Å². The average Bonchev–Trinajstić information content (AvgIpc) is 2.41. The van der Waals surface area contributed by atoms with Crippen molar-refractivity contribution in [3.8, 4) is 0 Å². The van der Waals surface area contributed by atoms with Gasteiger partial charge in [0, 0.05) is 36.7 Å². The Labute approximate surface area is 122 Å². The summed E-state index contributed by atoms with van der Waals surface area (Å²) in [5.74, 6) is 1.29. The van der Waals surface area contributed by atoms with E-state index in [0.29, 0.717) is 6.04 Å². The summed E-state index contributed by atoms with van der Waals surface area (Å²) in [5, 5.41) is 4.25. The smallest absolute Gasteiger partial charge is 0.0329 e. The third-order valence-corrected chi connectivity index (χ3v) is 5.02.